The van der Waals surface area contributed by atoms with E-state index in [1.54, 1.807) is 6.07 Å². The normalized spacial score (nSPS) is 21.9. The fraction of sp³-hybridized carbons (Fsp3) is 0.421. The van der Waals surface area contributed by atoms with Crippen LogP contribution < -0.4 is 9.64 Å². The fourth-order valence-corrected chi connectivity index (χ4v) is 8.34. The van der Waals surface area contributed by atoms with E-state index in [4.69, 9.17) is 25.9 Å². The van der Waals surface area contributed by atoms with E-state index < -0.39 is 11.4 Å². The number of anilines is 1. The predicted octanol–water partition coefficient (Wildman–Crippen LogP) is 6.22. The monoisotopic (exact) mass is 661 g/mol. The second-order valence-electron chi connectivity index (χ2n) is 15.0. The molecule has 0 unspecified atom stereocenters. The summed E-state index contributed by atoms with van der Waals surface area (Å²) in [6.45, 7) is 17.1. The van der Waals surface area contributed by atoms with Gasteiger partial charge in [0.25, 0.3) is 0 Å². The summed E-state index contributed by atoms with van der Waals surface area (Å²) in [5.41, 5.74) is 3.60. The van der Waals surface area contributed by atoms with Crippen molar-refractivity contribution in [1.82, 2.24) is 30.0 Å². The lowest BCUT2D eigenvalue weighted by atomic mass is 9.92. The zero-order valence-corrected chi connectivity index (χ0v) is 28.2. The van der Waals surface area contributed by atoms with Crippen LogP contribution in [0.1, 0.15) is 52.0 Å². The van der Waals surface area contributed by atoms with Crippen LogP contribution in [0, 0.1) is 18.2 Å². The molecule has 4 aliphatic heterocycles. The molecule has 0 radical (unpaired) electrons. The van der Waals surface area contributed by atoms with Gasteiger partial charge in [-0.3, -0.25) is 14.9 Å². The van der Waals surface area contributed by atoms with Crippen molar-refractivity contribution in [2.75, 3.05) is 37.7 Å². The third-order valence-corrected chi connectivity index (χ3v) is 10.3. The van der Waals surface area contributed by atoms with Crippen molar-refractivity contribution in [3.05, 3.63) is 66.0 Å². The standard InChI is InChI=1S/C38H40FN7O3/c1-7-24-9-8-10-29-30(24)32(43-42-29)27-13-14-28-33(31(27)39)40-35(48-21-38-15-22(2)17-45(38)18-23(3)16-38)41-34(28)44-19-25-11-12-26(20-44)46(25)36(47)49-37(4,5)6/h1,8-10,13-14,25-26H,2-3,11-12,15-21H2,4-6H3,(H,42,43)/t25-,26+. The van der Waals surface area contributed by atoms with E-state index >= 15 is 4.39 Å². The number of H-pyrrole nitrogens is 1. The molecule has 6 heterocycles. The highest BCUT2D eigenvalue weighted by Gasteiger charge is 2.48. The van der Waals surface area contributed by atoms with E-state index in [9.17, 15) is 4.79 Å². The molecule has 0 aliphatic carbocycles. The van der Waals surface area contributed by atoms with Crippen molar-refractivity contribution in [3.63, 3.8) is 0 Å². The maximum absolute atomic E-state index is 16.9. The number of nitrogens with one attached hydrogen (secondary N) is 1. The number of benzene rings is 2. The molecule has 11 heteroatoms. The van der Waals surface area contributed by atoms with Crippen LogP contribution >= 0.6 is 0 Å². The number of hydrogen-bond acceptors (Lipinski definition) is 8. The van der Waals surface area contributed by atoms with E-state index in [1.807, 2.05) is 49.9 Å². The SMILES string of the molecule is C#Cc1cccc2[nH]nc(-c3ccc4c(N5C[C@H]6CC[C@@H](C5)N6C(=O)OC(C)(C)C)nc(OCC56CC(=C)CN5CC(=C)C6)nc4c3F)c12. The van der Waals surface area contributed by atoms with Gasteiger partial charge in [0.1, 0.15) is 29.2 Å². The van der Waals surface area contributed by atoms with Gasteiger partial charge in [-0.05, 0) is 70.7 Å². The van der Waals surface area contributed by atoms with Crippen LogP contribution in [0.25, 0.3) is 33.1 Å². The van der Waals surface area contributed by atoms with E-state index in [2.05, 4.69) is 39.1 Å². The Kier molecular flexibility index (Phi) is 7.23. The second-order valence-corrected chi connectivity index (χ2v) is 15.0. The first-order valence-electron chi connectivity index (χ1n) is 16.8. The molecular formula is C38H40FN7O3. The molecule has 1 amide bonds. The summed E-state index contributed by atoms with van der Waals surface area (Å²) in [5, 5.41) is 8.70. The van der Waals surface area contributed by atoms with Crippen LogP contribution in [0.15, 0.2) is 54.6 Å². The number of aromatic amines is 1. The summed E-state index contributed by atoms with van der Waals surface area (Å²) in [7, 11) is 0. The highest BCUT2D eigenvalue weighted by molar-refractivity contribution is 6.00. The predicted molar refractivity (Wildman–Crippen MR) is 187 cm³/mol. The molecule has 2 atom stereocenters. The molecule has 4 aliphatic rings. The Balaban J connectivity index is 1.20. The maximum Gasteiger partial charge on any atom is 0.410 e. The number of halogens is 1. The van der Waals surface area contributed by atoms with Gasteiger partial charge in [-0.1, -0.05) is 36.3 Å². The molecule has 252 valence electrons. The molecule has 8 rings (SSSR count). The summed E-state index contributed by atoms with van der Waals surface area (Å²) in [6, 6.07) is 9.05. The third-order valence-electron chi connectivity index (χ3n) is 10.3. The van der Waals surface area contributed by atoms with Crippen molar-refractivity contribution in [3.8, 4) is 29.6 Å². The smallest absolute Gasteiger partial charge is 0.410 e. The van der Waals surface area contributed by atoms with Gasteiger partial charge in [-0.15, -0.1) is 6.42 Å². The number of rotatable bonds is 5. The quantitative estimate of drug-likeness (QED) is 0.199. The summed E-state index contributed by atoms with van der Waals surface area (Å²) >= 11 is 0. The molecule has 10 nitrogen and oxygen atoms in total. The number of ether oxygens (including phenoxy) is 2. The van der Waals surface area contributed by atoms with Crippen LogP contribution in [0.5, 0.6) is 6.01 Å². The van der Waals surface area contributed by atoms with Gasteiger partial charge in [-0.25, -0.2) is 9.18 Å². The summed E-state index contributed by atoms with van der Waals surface area (Å²) in [4.78, 5) is 29.3. The first kappa shape index (κ1) is 31.3. The number of carbonyl (C=O) groups is 1. The Morgan fingerprint density at radius 2 is 1.82 bits per heavy atom. The number of hydrogen-bond donors (Lipinski definition) is 1. The molecule has 4 fully saturated rings. The van der Waals surface area contributed by atoms with E-state index in [1.165, 1.54) is 0 Å². The maximum atomic E-state index is 16.9. The lowest BCUT2D eigenvalue weighted by Gasteiger charge is -2.42. The highest BCUT2D eigenvalue weighted by Crippen LogP contribution is 2.44. The molecule has 2 bridgehead atoms. The van der Waals surface area contributed by atoms with Crippen molar-refractivity contribution < 1.29 is 18.7 Å². The van der Waals surface area contributed by atoms with Crippen LogP contribution in [-0.4, -0.2) is 92.1 Å². The summed E-state index contributed by atoms with van der Waals surface area (Å²) < 4.78 is 29.1. The summed E-state index contributed by atoms with van der Waals surface area (Å²) in [5.74, 6) is 2.74. The Morgan fingerprint density at radius 1 is 1.10 bits per heavy atom. The first-order chi connectivity index (χ1) is 23.4. The molecule has 4 aromatic rings. The summed E-state index contributed by atoms with van der Waals surface area (Å²) in [6.07, 6.45) is 8.81. The molecule has 49 heavy (non-hydrogen) atoms. The first-order valence-corrected chi connectivity index (χ1v) is 16.8. The molecule has 0 saturated carbocycles. The minimum absolute atomic E-state index is 0.0637. The van der Waals surface area contributed by atoms with E-state index in [0.29, 0.717) is 47.5 Å². The van der Waals surface area contributed by atoms with E-state index in [0.717, 1.165) is 55.4 Å². The lowest BCUT2D eigenvalue weighted by molar-refractivity contribution is 0.0122. The van der Waals surface area contributed by atoms with Gasteiger partial charge in [-0.2, -0.15) is 15.1 Å². The lowest BCUT2D eigenvalue weighted by Crippen LogP contribution is -2.57. The van der Waals surface area contributed by atoms with Crippen LogP contribution in [0.4, 0.5) is 15.0 Å². The van der Waals surface area contributed by atoms with Crippen molar-refractivity contribution in [2.45, 2.75) is 69.7 Å². The highest BCUT2D eigenvalue weighted by atomic mass is 19.1. The minimum atomic E-state index is -0.592. The largest absolute Gasteiger partial charge is 0.461 e. The molecule has 2 aromatic heterocycles. The Bertz CT molecular complexity index is 2060. The van der Waals surface area contributed by atoms with Crippen LogP contribution in [0.3, 0.4) is 0 Å². The Morgan fingerprint density at radius 3 is 2.49 bits per heavy atom. The topological polar surface area (TPSA) is 99.7 Å². The van der Waals surface area contributed by atoms with E-state index in [-0.39, 0.29) is 40.8 Å². The molecule has 0 spiro atoms. The number of nitrogens with zero attached hydrogens (tertiary/aromatic N) is 6. The minimum Gasteiger partial charge on any atom is -0.461 e. The average molecular weight is 662 g/mol. The average Bonchev–Trinajstić information content (AvgIpc) is 3.76. The van der Waals surface area contributed by atoms with Gasteiger partial charge in [0.05, 0.1) is 23.1 Å². The number of amides is 1. The molecule has 1 N–H and O–H groups in total. The third kappa shape index (κ3) is 5.29. The van der Waals surface area contributed by atoms with Gasteiger partial charge >= 0.3 is 12.1 Å². The van der Waals surface area contributed by atoms with Gasteiger partial charge in [0, 0.05) is 48.1 Å². The number of carbonyl (C=O) groups excluding carboxylic acids is 1. The fourth-order valence-electron chi connectivity index (χ4n) is 8.34. The van der Waals surface area contributed by atoms with Crippen molar-refractivity contribution in [2.24, 2.45) is 0 Å². The Labute approximate surface area is 285 Å². The van der Waals surface area contributed by atoms with Crippen molar-refractivity contribution in [1.29, 1.82) is 0 Å². The number of fused-ring (bicyclic) bond motifs is 5. The number of piperazine rings is 1. The van der Waals surface area contributed by atoms with Crippen molar-refractivity contribution >= 4 is 33.7 Å². The number of terminal acetylenes is 1. The molecule has 2 aromatic carbocycles. The zero-order chi connectivity index (χ0) is 34.2. The van der Waals surface area contributed by atoms with Gasteiger partial charge < -0.3 is 14.4 Å². The van der Waals surface area contributed by atoms with Gasteiger partial charge in [0.2, 0.25) is 0 Å². The second kappa shape index (κ2) is 11.3. The molecule has 4 saturated heterocycles. The van der Waals surface area contributed by atoms with Crippen LogP contribution in [0.2, 0.25) is 0 Å². The van der Waals surface area contributed by atoms with Crippen LogP contribution in [-0.2, 0) is 4.74 Å². The molecular weight excluding hydrogens is 621 g/mol. The zero-order valence-electron chi connectivity index (χ0n) is 28.2. The number of aromatic nitrogens is 4. The van der Waals surface area contributed by atoms with Gasteiger partial charge in [0.15, 0.2) is 5.82 Å². The Hall–Kier alpha value is -4.95.